The van der Waals surface area contributed by atoms with E-state index >= 15 is 0 Å². The van der Waals surface area contributed by atoms with Gasteiger partial charge >= 0.3 is 0 Å². The highest BCUT2D eigenvalue weighted by molar-refractivity contribution is 9.10. The molecule has 106 valence electrons. The molecule has 0 bridgehead atoms. The van der Waals surface area contributed by atoms with Gasteiger partial charge in [-0.2, -0.15) is 0 Å². The van der Waals surface area contributed by atoms with Crippen LogP contribution in [0.15, 0.2) is 22.7 Å². The summed E-state index contributed by atoms with van der Waals surface area (Å²) in [6.07, 6.45) is 2.59. The van der Waals surface area contributed by atoms with Crippen molar-refractivity contribution in [2.24, 2.45) is 5.92 Å². The first kappa shape index (κ1) is 14.8. The summed E-state index contributed by atoms with van der Waals surface area (Å²) in [5.41, 5.74) is 1.31. The number of methoxy groups -OCH3 is 1. The highest BCUT2D eigenvalue weighted by Gasteiger charge is 2.19. The second-order valence-electron chi connectivity index (χ2n) is 5.23. The summed E-state index contributed by atoms with van der Waals surface area (Å²) >= 11 is 3.63. The van der Waals surface area contributed by atoms with Crippen molar-refractivity contribution in [3.8, 4) is 5.75 Å². The molecule has 1 aliphatic rings. The van der Waals surface area contributed by atoms with E-state index in [2.05, 4.69) is 38.3 Å². The molecule has 2 rings (SSSR count). The minimum atomic E-state index is 0.843. The number of halogens is 1. The van der Waals surface area contributed by atoms with Gasteiger partial charge in [-0.15, -0.1) is 0 Å². The molecule has 1 aliphatic heterocycles. The Morgan fingerprint density at radius 3 is 2.74 bits per heavy atom. The summed E-state index contributed by atoms with van der Waals surface area (Å²) in [4.78, 5) is 2.53. The molecule has 3 nitrogen and oxygen atoms in total. The van der Waals surface area contributed by atoms with Crippen molar-refractivity contribution >= 4 is 15.9 Å². The minimum Gasteiger partial charge on any atom is -0.497 e. The van der Waals surface area contributed by atoms with Crippen molar-refractivity contribution in [1.29, 1.82) is 0 Å². The molecule has 0 amide bonds. The first-order valence-electron chi connectivity index (χ1n) is 6.92. The molecule has 0 spiro atoms. The van der Waals surface area contributed by atoms with E-state index in [1.165, 1.54) is 36.0 Å². The zero-order valence-corrected chi connectivity index (χ0v) is 13.4. The van der Waals surface area contributed by atoms with Crippen LogP contribution in [-0.2, 0) is 6.54 Å². The SMILES string of the molecule is CNCC1CCN(Cc2cc(OC)ccc2Br)CC1. The van der Waals surface area contributed by atoms with Gasteiger partial charge < -0.3 is 10.1 Å². The maximum atomic E-state index is 5.30. The second-order valence-corrected chi connectivity index (χ2v) is 6.09. The van der Waals surface area contributed by atoms with Gasteiger partial charge in [-0.3, -0.25) is 4.90 Å². The van der Waals surface area contributed by atoms with Crippen LogP contribution in [0.5, 0.6) is 5.75 Å². The minimum absolute atomic E-state index is 0.843. The number of hydrogen-bond acceptors (Lipinski definition) is 3. The van der Waals surface area contributed by atoms with Crippen molar-refractivity contribution in [3.63, 3.8) is 0 Å². The van der Waals surface area contributed by atoms with Crippen LogP contribution in [0.4, 0.5) is 0 Å². The lowest BCUT2D eigenvalue weighted by atomic mass is 9.96. The number of rotatable bonds is 5. The molecule has 1 saturated heterocycles. The molecule has 0 saturated carbocycles. The Kier molecular flexibility index (Phi) is 5.67. The number of likely N-dealkylation sites (tertiary alicyclic amines) is 1. The van der Waals surface area contributed by atoms with Gasteiger partial charge in [0.15, 0.2) is 0 Å². The first-order chi connectivity index (χ1) is 9.22. The molecular weight excluding hydrogens is 304 g/mol. The van der Waals surface area contributed by atoms with Crippen LogP contribution in [0.3, 0.4) is 0 Å². The Morgan fingerprint density at radius 2 is 2.11 bits per heavy atom. The van der Waals surface area contributed by atoms with E-state index in [0.717, 1.165) is 24.8 Å². The van der Waals surface area contributed by atoms with Gasteiger partial charge in [0.2, 0.25) is 0 Å². The molecular formula is C15H23BrN2O. The van der Waals surface area contributed by atoms with Crippen LogP contribution in [-0.4, -0.2) is 38.7 Å². The fourth-order valence-electron chi connectivity index (χ4n) is 2.68. The standard InChI is InChI=1S/C15H23BrN2O/c1-17-10-12-5-7-18(8-6-12)11-13-9-14(19-2)3-4-15(13)16/h3-4,9,12,17H,5-8,10-11H2,1-2H3. The topological polar surface area (TPSA) is 24.5 Å². The van der Waals surface area contributed by atoms with Gasteiger partial charge in [0.05, 0.1) is 7.11 Å². The van der Waals surface area contributed by atoms with Gasteiger partial charge in [-0.1, -0.05) is 15.9 Å². The normalized spacial score (nSPS) is 17.6. The van der Waals surface area contributed by atoms with Crippen LogP contribution in [0.1, 0.15) is 18.4 Å². The summed E-state index contributed by atoms with van der Waals surface area (Å²) in [5.74, 6) is 1.78. The third kappa shape index (κ3) is 4.20. The Bertz CT molecular complexity index is 403. The zero-order chi connectivity index (χ0) is 13.7. The average Bonchev–Trinajstić information content (AvgIpc) is 2.44. The Labute approximate surface area is 124 Å². The van der Waals surface area contributed by atoms with Crippen LogP contribution in [0, 0.1) is 5.92 Å². The second kappa shape index (κ2) is 7.27. The van der Waals surface area contributed by atoms with Crippen molar-refractivity contribution < 1.29 is 4.74 Å². The molecule has 1 N–H and O–H groups in total. The van der Waals surface area contributed by atoms with Gasteiger partial charge in [-0.25, -0.2) is 0 Å². The molecule has 1 aromatic carbocycles. The van der Waals surface area contributed by atoms with Gasteiger partial charge in [-0.05, 0) is 69.2 Å². The van der Waals surface area contributed by atoms with Gasteiger partial charge in [0.25, 0.3) is 0 Å². The smallest absolute Gasteiger partial charge is 0.119 e. The predicted molar refractivity (Wildman–Crippen MR) is 82.6 cm³/mol. The van der Waals surface area contributed by atoms with E-state index in [-0.39, 0.29) is 0 Å². The number of benzene rings is 1. The van der Waals surface area contributed by atoms with Crippen molar-refractivity contribution in [1.82, 2.24) is 10.2 Å². The van der Waals surface area contributed by atoms with E-state index in [4.69, 9.17) is 4.74 Å². The lowest BCUT2D eigenvalue weighted by Crippen LogP contribution is -2.36. The fourth-order valence-corrected chi connectivity index (χ4v) is 3.05. The Balaban J connectivity index is 1.91. The van der Waals surface area contributed by atoms with Crippen molar-refractivity contribution in [2.45, 2.75) is 19.4 Å². The molecule has 0 radical (unpaired) electrons. The largest absolute Gasteiger partial charge is 0.497 e. The summed E-state index contributed by atoms with van der Waals surface area (Å²) in [7, 11) is 3.76. The number of nitrogens with one attached hydrogen (secondary N) is 1. The van der Waals surface area contributed by atoms with Crippen molar-refractivity contribution in [2.75, 3.05) is 33.8 Å². The fraction of sp³-hybridized carbons (Fsp3) is 0.600. The molecule has 0 aromatic heterocycles. The number of hydrogen-bond donors (Lipinski definition) is 1. The lowest BCUT2D eigenvalue weighted by molar-refractivity contribution is 0.176. The first-order valence-corrected chi connectivity index (χ1v) is 7.71. The Hall–Kier alpha value is -0.580. The van der Waals surface area contributed by atoms with Crippen LogP contribution in [0.2, 0.25) is 0 Å². The van der Waals surface area contributed by atoms with E-state index in [1.54, 1.807) is 7.11 Å². The van der Waals surface area contributed by atoms with Crippen LogP contribution >= 0.6 is 15.9 Å². The van der Waals surface area contributed by atoms with Crippen LogP contribution < -0.4 is 10.1 Å². The molecule has 0 unspecified atom stereocenters. The average molecular weight is 327 g/mol. The molecule has 1 heterocycles. The van der Waals surface area contributed by atoms with E-state index < -0.39 is 0 Å². The maximum absolute atomic E-state index is 5.30. The summed E-state index contributed by atoms with van der Waals surface area (Å²) < 4.78 is 6.47. The van der Waals surface area contributed by atoms with E-state index in [0.29, 0.717) is 0 Å². The van der Waals surface area contributed by atoms with E-state index in [9.17, 15) is 0 Å². The maximum Gasteiger partial charge on any atom is 0.119 e. The summed E-state index contributed by atoms with van der Waals surface area (Å²) in [6, 6.07) is 6.19. The van der Waals surface area contributed by atoms with E-state index in [1.807, 2.05) is 13.1 Å². The third-order valence-corrected chi connectivity index (χ3v) is 4.62. The predicted octanol–water partition coefficient (Wildman–Crippen LogP) is 2.89. The molecule has 0 atom stereocenters. The lowest BCUT2D eigenvalue weighted by Gasteiger charge is -2.32. The summed E-state index contributed by atoms with van der Waals surface area (Å²) in [5, 5.41) is 3.28. The zero-order valence-electron chi connectivity index (χ0n) is 11.8. The number of piperidine rings is 1. The summed E-state index contributed by atoms with van der Waals surface area (Å²) in [6.45, 7) is 4.53. The monoisotopic (exact) mass is 326 g/mol. The molecule has 1 fully saturated rings. The Morgan fingerprint density at radius 1 is 1.37 bits per heavy atom. The van der Waals surface area contributed by atoms with Crippen LogP contribution in [0.25, 0.3) is 0 Å². The van der Waals surface area contributed by atoms with Crippen molar-refractivity contribution in [3.05, 3.63) is 28.2 Å². The molecule has 0 aliphatic carbocycles. The quantitative estimate of drug-likeness (QED) is 0.900. The molecule has 1 aromatic rings. The number of ether oxygens (including phenoxy) is 1. The number of nitrogens with zero attached hydrogens (tertiary/aromatic N) is 1. The highest BCUT2D eigenvalue weighted by Crippen LogP contribution is 2.25. The highest BCUT2D eigenvalue weighted by atomic mass is 79.9. The molecule has 19 heavy (non-hydrogen) atoms. The van der Waals surface area contributed by atoms with Gasteiger partial charge in [0.1, 0.15) is 5.75 Å². The molecule has 4 heteroatoms. The third-order valence-electron chi connectivity index (χ3n) is 3.85. The van der Waals surface area contributed by atoms with Gasteiger partial charge in [0, 0.05) is 11.0 Å².